The Morgan fingerprint density at radius 3 is 1.80 bits per heavy atom. The highest BCUT2D eigenvalue weighted by atomic mass is 15.2. The Morgan fingerprint density at radius 1 is 0.475 bits per heavy atom. The van der Waals surface area contributed by atoms with Crippen molar-refractivity contribution < 1.29 is 0 Å². The molecule has 1 atom stereocenters. The van der Waals surface area contributed by atoms with E-state index in [4.69, 9.17) is 25.0 Å². The standard InChI is InChI=1S/C32H20N8/c1-2-10-18-17(9-1)25-33-26(18)38-28-21-13-5-6-14-22(21)30(35-28)40-32-24-16-8-7-15-23(24)31(36-32)39-29-20-12-4-3-11-19(20)27(34-29)37-25/h1-16,25,35H,(H,33,38)(H,34,36,37,39,40). The molecule has 0 amide bonds. The summed E-state index contributed by atoms with van der Waals surface area (Å²) < 4.78 is 0. The average Bonchev–Trinajstić information content (AvgIpc) is 3.73. The Hall–Kier alpha value is -5.63. The molecule has 188 valence electrons. The molecule has 0 radical (unpaired) electrons. The van der Waals surface area contributed by atoms with E-state index >= 15 is 0 Å². The van der Waals surface area contributed by atoms with Gasteiger partial charge in [0.2, 0.25) is 0 Å². The smallest absolute Gasteiger partial charge is 0.164 e. The molecule has 9 rings (SSSR count). The fourth-order valence-corrected chi connectivity index (χ4v) is 5.80. The Bertz CT molecular complexity index is 2260. The second-order valence-electron chi connectivity index (χ2n) is 9.99. The number of rotatable bonds is 0. The van der Waals surface area contributed by atoms with E-state index in [1.807, 2.05) is 60.7 Å². The molecule has 40 heavy (non-hydrogen) atoms. The van der Waals surface area contributed by atoms with E-state index in [0.29, 0.717) is 23.0 Å². The van der Waals surface area contributed by atoms with Crippen molar-refractivity contribution in [3.05, 3.63) is 130 Å². The van der Waals surface area contributed by atoms with Crippen LogP contribution in [-0.2, 0) is 0 Å². The van der Waals surface area contributed by atoms with Gasteiger partial charge in [0.15, 0.2) is 11.7 Å². The van der Waals surface area contributed by atoms with Gasteiger partial charge in [0.1, 0.15) is 34.6 Å². The van der Waals surface area contributed by atoms with Crippen LogP contribution in [0.1, 0.15) is 28.4 Å². The maximum absolute atomic E-state index is 5.15. The summed E-state index contributed by atoms with van der Waals surface area (Å²) in [5.74, 6) is 3.42. The maximum atomic E-state index is 5.15. The third-order valence-corrected chi connectivity index (χ3v) is 7.67. The third kappa shape index (κ3) is 3.04. The molecule has 2 aromatic heterocycles. The van der Waals surface area contributed by atoms with Gasteiger partial charge in [0.05, 0.1) is 0 Å². The third-order valence-electron chi connectivity index (χ3n) is 7.67. The molecule has 0 saturated heterocycles. The zero-order valence-corrected chi connectivity index (χ0v) is 21.1. The van der Waals surface area contributed by atoms with Crippen molar-refractivity contribution >= 4 is 50.7 Å². The van der Waals surface area contributed by atoms with Gasteiger partial charge in [-0.2, -0.15) is 0 Å². The minimum Gasteiger partial charge on any atom is -0.344 e. The molecule has 8 nitrogen and oxygen atoms in total. The topological polar surface area (TPSA) is 105 Å². The monoisotopic (exact) mass is 516 g/mol. The SMILES string of the molecule is c1ccc2c(c1)C1=NC2=Nc2[nH]c(c3ccccc23)N=C2NC(N=c3[nH]c(c4ccccc34)=N1)c1ccccc12. The first-order valence-electron chi connectivity index (χ1n) is 13.2. The van der Waals surface area contributed by atoms with E-state index in [1.165, 1.54) is 0 Å². The summed E-state index contributed by atoms with van der Waals surface area (Å²) in [7, 11) is 0. The lowest BCUT2D eigenvalue weighted by Gasteiger charge is -2.05. The van der Waals surface area contributed by atoms with Gasteiger partial charge in [-0.15, -0.1) is 0 Å². The van der Waals surface area contributed by atoms with Gasteiger partial charge in [0.25, 0.3) is 0 Å². The summed E-state index contributed by atoms with van der Waals surface area (Å²) in [6.45, 7) is 0. The Morgan fingerprint density at radius 2 is 1.05 bits per heavy atom. The van der Waals surface area contributed by atoms with Gasteiger partial charge < -0.3 is 15.3 Å². The van der Waals surface area contributed by atoms with Crippen molar-refractivity contribution in [3.63, 3.8) is 0 Å². The van der Waals surface area contributed by atoms with Gasteiger partial charge in [-0.05, 0) is 0 Å². The number of aromatic nitrogens is 2. The molecular weight excluding hydrogens is 496 g/mol. The summed E-state index contributed by atoms with van der Waals surface area (Å²) in [6, 6.07) is 32.6. The molecule has 0 aliphatic carbocycles. The van der Waals surface area contributed by atoms with Crippen LogP contribution in [0.3, 0.4) is 0 Å². The summed E-state index contributed by atoms with van der Waals surface area (Å²) in [5, 5.41) is 7.50. The second kappa shape index (κ2) is 7.94. The molecule has 0 saturated carbocycles. The van der Waals surface area contributed by atoms with E-state index < -0.39 is 0 Å². The number of nitrogens with one attached hydrogen (secondary N) is 3. The summed E-state index contributed by atoms with van der Waals surface area (Å²) in [4.78, 5) is 32.2. The molecule has 8 heteroatoms. The summed E-state index contributed by atoms with van der Waals surface area (Å²) in [5.41, 5.74) is 5.43. The van der Waals surface area contributed by atoms with Crippen LogP contribution < -0.4 is 16.3 Å². The van der Waals surface area contributed by atoms with Crippen molar-refractivity contribution in [2.45, 2.75) is 6.17 Å². The number of nitrogens with zero attached hydrogens (tertiary/aromatic N) is 5. The second-order valence-corrected chi connectivity index (χ2v) is 9.99. The van der Waals surface area contributed by atoms with Crippen LogP contribution in [0.15, 0.2) is 122 Å². The van der Waals surface area contributed by atoms with Crippen LogP contribution in [0.2, 0.25) is 0 Å². The normalized spacial score (nSPS) is 16.8. The van der Waals surface area contributed by atoms with Crippen LogP contribution in [0.5, 0.6) is 0 Å². The molecule has 6 aromatic rings. The molecular formula is C32H20N8. The minimum absolute atomic E-state index is 0.312. The van der Waals surface area contributed by atoms with E-state index in [9.17, 15) is 0 Å². The quantitative estimate of drug-likeness (QED) is 0.256. The van der Waals surface area contributed by atoms with E-state index in [2.05, 4.69) is 51.7 Å². The number of benzene rings is 4. The molecule has 0 spiro atoms. The highest BCUT2D eigenvalue weighted by Gasteiger charge is 2.28. The van der Waals surface area contributed by atoms with E-state index in [-0.39, 0.29) is 6.17 Å². The number of H-pyrrole nitrogens is 2. The number of hydrogen-bond acceptors (Lipinski definition) is 6. The molecule has 0 fully saturated rings. The fourth-order valence-electron chi connectivity index (χ4n) is 5.80. The van der Waals surface area contributed by atoms with Gasteiger partial charge in [-0.25, -0.2) is 25.0 Å². The maximum Gasteiger partial charge on any atom is 0.164 e. The van der Waals surface area contributed by atoms with Gasteiger partial charge in [-0.3, -0.25) is 0 Å². The van der Waals surface area contributed by atoms with Gasteiger partial charge >= 0.3 is 0 Å². The summed E-state index contributed by atoms with van der Waals surface area (Å²) in [6.07, 6.45) is -0.312. The molecule has 5 heterocycles. The van der Waals surface area contributed by atoms with E-state index in [0.717, 1.165) is 60.9 Å². The zero-order chi connectivity index (χ0) is 26.2. The van der Waals surface area contributed by atoms with Crippen LogP contribution in [0, 0.1) is 0 Å². The number of fused-ring (bicyclic) bond motifs is 19. The van der Waals surface area contributed by atoms with Crippen LogP contribution >= 0.6 is 0 Å². The van der Waals surface area contributed by atoms with E-state index in [1.54, 1.807) is 0 Å². The Kier molecular flexibility index (Phi) is 4.23. The molecule has 3 N–H and O–H groups in total. The van der Waals surface area contributed by atoms with Gasteiger partial charge in [-0.1, -0.05) is 97.1 Å². The molecule has 3 aliphatic rings. The summed E-state index contributed by atoms with van der Waals surface area (Å²) >= 11 is 0. The molecule has 3 aliphatic heterocycles. The predicted octanol–water partition coefficient (Wildman–Crippen LogP) is 5.12. The predicted molar refractivity (Wildman–Crippen MR) is 157 cm³/mol. The molecule has 1 unspecified atom stereocenters. The first kappa shape index (κ1) is 21.3. The highest BCUT2D eigenvalue weighted by Crippen LogP contribution is 2.36. The largest absolute Gasteiger partial charge is 0.344 e. The lowest BCUT2D eigenvalue weighted by atomic mass is 10.1. The van der Waals surface area contributed by atoms with Gasteiger partial charge in [0, 0.05) is 43.8 Å². The first-order chi connectivity index (χ1) is 19.8. The van der Waals surface area contributed by atoms with Crippen molar-refractivity contribution in [1.82, 2.24) is 15.3 Å². The molecule has 4 aromatic carbocycles. The van der Waals surface area contributed by atoms with Crippen LogP contribution in [-0.4, -0.2) is 27.5 Å². The number of aromatic amines is 2. The highest BCUT2D eigenvalue weighted by molar-refractivity contribution is 6.23. The van der Waals surface area contributed by atoms with Crippen molar-refractivity contribution in [3.8, 4) is 0 Å². The fraction of sp³-hybridized carbons (Fsp3) is 0.0312. The minimum atomic E-state index is -0.312. The first-order valence-corrected chi connectivity index (χ1v) is 13.2. The zero-order valence-electron chi connectivity index (χ0n) is 21.1. The number of hydrogen-bond donors (Lipinski definition) is 3. The lowest BCUT2D eigenvalue weighted by Crippen LogP contribution is -2.22. The van der Waals surface area contributed by atoms with Crippen LogP contribution in [0.4, 0.5) is 11.6 Å². The number of aliphatic imine (C=N–C) groups is 3. The van der Waals surface area contributed by atoms with Crippen LogP contribution in [0.25, 0.3) is 21.5 Å². The Labute approximate surface area is 227 Å². The Balaban J connectivity index is 1.41. The van der Waals surface area contributed by atoms with Crippen molar-refractivity contribution in [2.24, 2.45) is 25.0 Å². The molecule has 8 bridgehead atoms. The number of amidine groups is 3. The van der Waals surface area contributed by atoms with Crippen molar-refractivity contribution in [1.29, 1.82) is 0 Å². The average molecular weight is 517 g/mol. The van der Waals surface area contributed by atoms with Crippen molar-refractivity contribution in [2.75, 3.05) is 0 Å². The lowest BCUT2D eigenvalue weighted by molar-refractivity contribution is 0.685.